The standard InChI is InChI=1S/C17H24O6/c1-9-4-5-16(7-21-10(2)18)11(6-9)23-14-12(19)13(20)15(16,3)17(14)8-22-17/h6,11-14,19-20H,4-5,7-8H2,1-3H3/t11-,12-,13-,14-,15?,16-,17?/m1/s1. The molecule has 0 amide bonds. The highest BCUT2D eigenvalue weighted by Crippen LogP contribution is 2.71. The van der Waals surface area contributed by atoms with Crippen molar-refractivity contribution >= 4 is 5.97 Å². The molecule has 7 atom stereocenters. The minimum Gasteiger partial charge on any atom is -0.465 e. The van der Waals surface area contributed by atoms with Crippen LogP contribution in [0.2, 0.25) is 0 Å². The highest BCUT2D eigenvalue weighted by molar-refractivity contribution is 5.66. The molecule has 0 aromatic rings. The highest BCUT2D eigenvalue weighted by Gasteiger charge is 2.84. The summed E-state index contributed by atoms with van der Waals surface area (Å²) in [5.41, 5.74) is -0.781. The van der Waals surface area contributed by atoms with E-state index in [1.807, 2.05) is 13.8 Å². The predicted octanol–water partition coefficient (Wildman–Crippen LogP) is 0.554. The summed E-state index contributed by atoms with van der Waals surface area (Å²) < 4.78 is 17.4. The van der Waals surface area contributed by atoms with Gasteiger partial charge in [-0.1, -0.05) is 18.6 Å². The van der Waals surface area contributed by atoms with Gasteiger partial charge in [0.1, 0.15) is 24.4 Å². The molecule has 2 saturated heterocycles. The Hall–Kier alpha value is -0.950. The van der Waals surface area contributed by atoms with E-state index in [0.717, 1.165) is 12.8 Å². The van der Waals surface area contributed by atoms with Crippen molar-refractivity contribution in [3.05, 3.63) is 11.6 Å². The summed E-state index contributed by atoms with van der Waals surface area (Å²) >= 11 is 0. The fraction of sp³-hybridized carbons (Fsp3) is 0.824. The molecule has 6 nitrogen and oxygen atoms in total. The van der Waals surface area contributed by atoms with Crippen molar-refractivity contribution in [3.8, 4) is 0 Å². The van der Waals surface area contributed by atoms with Gasteiger partial charge in [0.15, 0.2) is 0 Å². The molecule has 4 aliphatic rings. The molecule has 2 aliphatic heterocycles. The van der Waals surface area contributed by atoms with Crippen LogP contribution in [0.25, 0.3) is 0 Å². The molecule has 3 fully saturated rings. The molecule has 2 bridgehead atoms. The number of epoxide rings is 1. The Morgan fingerprint density at radius 2 is 2.17 bits per heavy atom. The molecular formula is C17H24O6. The highest BCUT2D eigenvalue weighted by atomic mass is 16.6. The van der Waals surface area contributed by atoms with E-state index in [9.17, 15) is 15.0 Å². The van der Waals surface area contributed by atoms with Crippen LogP contribution < -0.4 is 0 Å². The number of carbonyl (C=O) groups excluding carboxylic acids is 1. The molecule has 1 spiro atoms. The minimum absolute atomic E-state index is 0.162. The lowest BCUT2D eigenvalue weighted by atomic mass is 9.51. The summed E-state index contributed by atoms with van der Waals surface area (Å²) in [5, 5.41) is 21.4. The van der Waals surface area contributed by atoms with Gasteiger partial charge in [0.05, 0.1) is 18.8 Å². The van der Waals surface area contributed by atoms with Crippen molar-refractivity contribution in [3.63, 3.8) is 0 Å². The molecule has 2 heterocycles. The largest absolute Gasteiger partial charge is 0.465 e. The van der Waals surface area contributed by atoms with Crippen LogP contribution in [0.15, 0.2) is 11.6 Å². The molecule has 0 aromatic carbocycles. The van der Waals surface area contributed by atoms with E-state index < -0.39 is 34.7 Å². The number of rotatable bonds is 2. The first-order valence-electron chi connectivity index (χ1n) is 8.25. The number of hydrogen-bond acceptors (Lipinski definition) is 6. The van der Waals surface area contributed by atoms with Crippen molar-refractivity contribution < 1.29 is 29.2 Å². The van der Waals surface area contributed by atoms with Gasteiger partial charge in [-0.15, -0.1) is 0 Å². The van der Waals surface area contributed by atoms with Crippen molar-refractivity contribution in [2.24, 2.45) is 10.8 Å². The van der Waals surface area contributed by atoms with Crippen LogP contribution in [0, 0.1) is 10.8 Å². The van der Waals surface area contributed by atoms with Gasteiger partial charge < -0.3 is 24.4 Å². The van der Waals surface area contributed by atoms with E-state index in [2.05, 4.69) is 6.08 Å². The summed E-state index contributed by atoms with van der Waals surface area (Å²) in [6, 6.07) is 0. The zero-order chi connectivity index (χ0) is 16.6. The number of esters is 1. The van der Waals surface area contributed by atoms with Crippen LogP contribution in [0.3, 0.4) is 0 Å². The first-order valence-corrected chi connectivity index (χ1v) is 8.25. The lowest BCUT2D eigenvalue weighted by molar-refractivity contribution is -0.230. The number of aliphatic hydroxyl groups is 2. The number of allylic oxidation sites excluding steroid dienone is 1. The molecule has 128 valence electrons. The average molecular weight is 324 g/mol. The fourth-order valence-corrected chi connectivity index (χ4v) is 5.26. The van der Waals surface area contributed by atoms with Gasteiger partial charge in [-0.3, -0.25) is 4.79 Å². The summed E-state index contributed by atoms with van der Waals surface area (Å²) in [6.07, 6.45) is 0.829. The third kappa shape index (κ3) is 1.65. The second-order valence-corrected chi connectivity index (χ2v) is 7.74. The van der Waals surface area contributed by atoms with Crippen molar-refractivity contribution in [2.75, 3.05) is 13.2 Å². The lowest BCUT2D eigenvalue weighted by Crippen LogP contribution is -2.66. The molecule has 23 heavy (non-hydrogen) atoms. The maximum Gasteiger partial charge on any atom is 0.302 e. The molecule has 0 aromatic heterocycles. The van der Waals surface area contributed by atoms with Crippen LogP contribution >= 0.6 is 0 Å². The maximum absolute atomic E-state index is 11.4. The van der Waals surface area contributed by atoms with Gasteiger partial charge in [-0.05, 0) is 19.8 Å². The zero-order valence-corrected chi connectivity index (χ0v) is 13.7. The van der Waals surface area contributed by atoms with E-state index in [0.29, 0.717) is 6.61 Å². The molecule has 2 aliphatic carbocycles. The lowest BCUT2D eigenvalue weighted by Gasteiger charge is -2.57. The zero-order valence-electron chi connectivity index (χ0n) is 13.7. The average Bonchev–Trinajstić information content (AvgIpc) is 3.28. The Balaban J connectivity index is 1.85. The number of fused-ring (bicyclic) bond motifs is 2. The first-order chi connectivity index (χ1) is 10.8. The summed E-state index contributed by atoms with van der Waals surface area (Å²) in [7, 11) is 0. The van der Waals surface area contributed by atoms with Gasteiger partial charge in [0.2, 0.25) is 0 Å². The van der Waals surface area contributed by atoms with Crippen molar-refractivity contribution in [2.45, 2.75) is 63.6 Å². The van der Waals surface area contributed by atoms with Crippen LogP contribution in [-0.4, -0.2) is 59.4 Å². The van der Waals surface area contributed by atoms with Gasteiger partial charge in [0, 0.05) is 17.8 Å². The monoisotopic (exact) mass is 324 g/mol. The van der Waals surface area contributed by atoms with E-state index in [4.69, 9.17) is 14.2 Å². The van der Waals surface area contributed by atoms with Crippen LogP contribution in [0.5, 0.6) is 0 Å². The molecule has 2 unspecified atom stereocenters. The van der Waals surface area contributed by atoms with Gasteiger partial charge in [0.25, 0.3) is 0 Å². The van der Waals surface area contributed by atoms with Gasteiger partial charge >= 0.3 is 5.97 Å². The second-order valence-electron chi connectivity index (χ2n) is 7.74. The number of hydrogen-bond donors (Lipinski definition) is 2. The third-order valence-electron chi connectivity index (χ3n) is 6.83. The Morgan fingerprint density at radius 1 is 1.48 bits per heavy atom. The fourth-order valence-electron chi connectivity index (χ4n) is 5.26. The Kier molecular flexibility index (Phi) is 3.09. The minimum atomic E-state index is -0.990. The Morgan fingerprint density at radius 3 is 2.78 bits per heavy atom. The third-order valence-corrected chi connectivity index (χ3v) is 6.83. The van der Waals surface area contributed by atoms with Crippen molar-refractivity contribution in [1.29, 1.82) is 0 Å². The van der Waals surface area contributed by atoms with Crippen LogP contribution in [-0.2, 0) is 19.0 Å². The van der Waals surface area contributed by atoms with E-state index in [-0.39, 0.29) is 18.7 Å². The summed E-state index contributed by atoms with van der Waals surface area (Å²) in [4.78, 5) is 11.4. The van der Waals surface area contributed by atoms with Gasteiger partial charge in [-0.2, -0.15) is 0 Å². The number of aliphatic hydroxyl groups excluding tert-OH is 2. The summed E-state index contributed by atoms with van der Waals surface area (Å²) in [5.74, 6) is -0.353. The first kappa shape index (κ1) is 15.6. The van der Waals surface area contributed by atoms with E-state index in [1.54, 1.807) is 0 Å². The quantitative estimate of drug-likeness (QED) is 0.438. The molecule has 1 saturated carbocycles. The Labute approximate surface area is 135 Å². The smallest absolute Gasteiger partial charge is 0.302 e. The maximum atomic E-state index is 11.4. The van der Waals surface area contributed by atoms with E-state index in [1.165, 1.54) is 12.5 Å². The molecule has 2 N–H and O–H groups in total. The van der Waals surface area contributed by atoms with Crippen LogP contribution in [0.4, 0.5) is 0 Å². The number of carbonyl (C=O) groups is 1. The molecule has 4 rings (SSSR count). The Bertz CT molecular complexity index is 582. The SMILES string of the molecule is CC(=O)OC[C@]12CCC(C)=C[C@H]1O[C@@H]1[C@H](O)[C@@H](O)C2(C)C12CO2. The molecule has 0 radical (unpaired) electrons. The normalized spacial score (nSPS) is 53.7. The molecule has 6 heteroatoms. The predicted molar refractivity (Wildman–Crippen MR) is 79.5 cm³/mol. The summed E-state index contributed by atoms with van der Waals surface area (Å²) in [6.45, 7) is 6.01. The van der Waals surface area contributed by atoms with E-state index >= 15 is 0 Å². The number of ether oxygens (including phenoxy) is 3. The topological polar surface area (TPSA) is 88.5 Å². The van der Waals surface area contributed by atoms with Crippen LogP contribution in [0.1, 0.15) is 33.6 Å². The van der Waals surface area contributed by atoms with Crippen molar-refractivity contribution in [1.82, 2.24) is 0 Å². The second kappa shape index (κ2) is 4.57. The van der Waals surface area contributed by atoms with Gasteiger partial charge in [-0.25, -0.2) is 0 Å². The molecular weight excluding hydrogens is 300 g/mol.